The summed E-state index contributed by atoms with van der Waals surface area (Å²) >= 11 is 6.10. The van der Waals surface area contributed by atoms with E-state index in [2.05, 4.69) is 20.9 Å². The molecule has 1 aliphatic rings. The highest BCUT2D eigenvalue weighted by atomic mass is 35.5. The molecule has 5 nitrogen and oxygen atoms in total. The van der Waals surface area contributed by atoms with Crippen LogP contribution in [0.1, 0.15) is 24.2 Å². The summed E-state index contributed by atoms with van der Waals surface area (Å²) in [7, 11) is 0. The number of pyridine rings is 1. The summed E-state index contributed by atoms with van der Waals surface area (Å²) in [5.74, 6) is 0.0434. The van der Waals surface area contributed by atoms with Crippen molar-refractivity contribution in [1.82, 2.24) is 9.88 Å². The molecule has 6 heteroatoms. The zero-order chi connectivity index (χ0) is 18.5. The molecule has 2 heterocycles. The fraction of sp³-hybridized carbons (Fsp3) is 0.400. The molecule has 1 fully saturated rings. The highest BCUT2D eigenvalue weighted by Crippen LogP contribution is 2.23. The number of rotatable bonds is 5. The molecular formula is C20H25ClN4O. The molecule has 0 aliphatic carbocycles. The molecule has 26 heavy (non-hydrogen) atoms. The number of anilines is 2. The quantitative estimate of drug-likeness (QED) is 0.804. The fourth-order valence-electron chi connectivity index (χ4n) is 3.31. The second-order valence-electron chi connectivity index (χ2n) is 6.36. The van der Waals surface area contributed by atoms with Crippen molar-refractivity contribution < 1.29 is 4.79 Å². The average Bonchev–Trinajstić information content (AvgIpc) is 2.69. The lowest BCUT2D eigenvalue weighted by atomic mass is 10.2. The van der Waals surface area contributed by atoms with Gasteiger partial charge in [0.05, 0.1) is 17.4 Å². The molecule has 1 aromatic heterocycles. The Hall–Kier alpha value is -2.27. The molecule has 1 amide bonds. The van der Waals surface area contributed by atoms with Crippen LogP contribution in [0.5, 0.6) is 0 Å². The molecule has 0 N–H and O–H groups in total. The molecule has 0 spiro atoms. The van der Waals surface area contributed by atoms with Crippen LogP contribution >= 0.6 is 11.6 Å². The zero-order valence-corrected chi connectivity index (χ0v) is 16.1. The molecular weight excluding hydrogens is 348 g/mol. The molecule has 1 aromatic carbocycles. The van der Waals surface area contributed by atoms with E-state index in [0.29, 0.717) is 18.7 Å². The molecule has 0 saturated carbocycles. The number of nitrogens with zero attached hydrogens (tertiary/aromatic N) is 4. The van der Waals surface area contributed by atoms with Gasteiger partial charge in [-0.25, -0.2) is 0 Å². The van der Waals surface area contributed by atoms with Crippen molar-refractivity contribution in [1.29, 1.82) is 0 Å². The first-order valence-electron chi connectivity index (χ1n) is 9.12. The van der Waals surface area contributed by atoms with Crippen molar-refractivity contribution in [3.63, 3.8) is 0 Å². The molecule has 0 unspecified atom stereocenters. The van der Waals surface area contributed by atoms with Gasteiger partial charge in [-0.1, -0.05) is 17.7 Å². The maximum Gasteiger partial charge on any atom is 0.255 e. The minimum atomic E-state index is 0.0434. The van der Waals surface area contributed by atoms with E-state index in [1.165, 1.54) is 0 Å². The standard InChI is InChI=1S/C20H25ClN4O/c1-3-23(4-2)20(26)16-12-19(15-22-14-16)25-10-8-24(9-11-25)18-7-5-6-17(21)13-18/h5-7,12-15H,3-4,8-11H2,1-2H3. The number of hydrogen-bond donors (Lipinski definition) is 0. The van der Waals surface area contributed by atoms with Crippen LogP contribution in [0, 0.1) is 0 Å². The fourth-order valence-corrected chi connectivity index (χ4v) is 3.49. The Morgan fingerprint density at radius 3 is 2.31 bits per heavy atom. The first-order chi connectivity index (χ1) is 12.6. The van der Waals surface area contributed by atoms with E-state index in [1.807, 2.05) is 49.2 Å². The van der Waals surface area contributed by atoms with Gasteiger partial charge in [0.1, 0.15) is 0 Å². The van der Waals surface area contributed by atoms with E-state index in [0.717, 1.165) is 42.6 Å². The Morgan fingerprint density at radius 2 is 1.69 bits per heavy atom. The highest BCUT2D eigenvalue weighted by molar-refractivity contribution is 6.30. The number of benzene rings is 1. The number of amides is 1. The number of carbonyl (C=O) groups excluding carboxylic acids is 1. The Kier molecular flexibility index (Phi) is 5.99. The first-order valence-corrected chi connectivity index (χ1v) is 9.50. The first kappa shape index (κ1) is 18.5. The summed E-state index contributed by atoms with van der Waals surface area (Å²) < 4.78 is 0. The van der Waals surface area contributed by atoms with E-state index >= 15 is 0 Å². The molecule has 138 valence electrons. The molecule has 2 aromatic rings. The van der Waals surface area contributed by atoms with Crippen molar-refractivity contribution in [3.05, 3.63) is 53.3 Å². The maximum atomic E-state index is 12.6. The van der Waals surface area contributed by atoms with Gasteiger partial charge in [0, 0.05) is 56.2 Å². The van der Waals surface area contributed by atoms with Gasteiger partial charge in [-0.15, -0.1) is 0 Å². The summed E-state index contributed by atoms with van der Waals surface area (Å²) in [4.78, 5) is 23.3. The van der Waals surface area contributed by atoms with Crippen LogP contribution in [0.2, 0.25) is 5.02 Å². The van der Waals surface area contributed by atoms with E-state index < -0.39 is 0 Å². The summed E-state index contributed by atoms with van der Waals surface area (Å²) in [6.07, 6.45) is 3.50. The van der Waals surface area contributed by atoms with E-state index in [4.69, 9.17) is 11.6 Å². The molecule has 0 radical (unpaired) electrons. The van der Waals surface area contributed by atoms with Crippen LogP contribution in [0.25, 0.3) is 0 Å². The lowest BCUT2D eigenvalue weighted by Gasteiger charge is -2.37. The smallest absolute Gasteiger partial charge is 0.255 e. The molecule has 1 aliphatic heterocycles. The van der Waals surface area contributed by atoms with Gasteiger partial charge in [-0.2, -0.15) is 0 Å². The molecule has 0 bridgehead atoms. The van der Waals surface area contributed by atoms with E-state index in [9.17, 15) is 4.79 Å². The second kappa shape index (κ2) is 8.41. The highest BCUT2D eigenvalue weighted by Gasteiger charge is 2.20. The van der Waals surface area contributed by atoms with Crippen LogP contribution in [0.4, 0.5) is 11.4 Å². The number of hydrogen-bond acceptors (Lipinski definition) is 4. The number of piperazine rings is 1. The van der Waals surface area contributed by atoms with Gasteiger partial charge in [-0.05, 0) is 38.1 Å². The van der Waals surface area contributed by atoms with Crippen molar-refractivity contribution >= 4 is 28.9 Å². The van der Waals surface area contributed by atoms with Crippen molar-refractivity contribution in [2.45, 2.75) is 13.8 Å². The normalized spacial score (nSPS) is 14.4. The molecule has 3 rings (SSSR count). The summed E-state index contributed by atoms with van der Waals surface area (Å²) in [6, 6.07) is 9.93. The maximum absolute atomic E-state index is 12.6. The van der Waals surface area contributed by atoms with E-state index in [-0.39, 0.29) is 5.91 Å². The minimum Gasteiger partial charge on any atom is -0.368 e. The number of halogens is 1. The summed E-state index contributed by atoms with van der Waals surface area (Å²) in [6.45, 7) is 8.99. The third kappa shape index (κ3) is 4.10. The monoisotopic (exact) mass is 372 g/mol. The molecule has 1 saturated heterocycles. The van der Waals surface area contributed by atoms with Crippen molar-refractivity contribution in [2.75, 3.05) is 49.1 Å². The predicted molar refractivity (Wildman–Crippen MR) is 107 cm³/mol. The zero-order valence-electron chi connectivity index (χ0n) is 15.4. The van der Waals surface area contributed by atoms with E-state index in [1.54, 1.807) is 6.20 Å². The van der Waals surface area contributed by atoms with Gasteiger partial charge in [-0.3, -0.25) is 9.78 Å². The number of carbonyl (C=O) groups is 1. The lowest BCUT2D eigenvalue weighted by molar-refractivity contribution is 0.0772. The van der Waals surface area contributed by atoms with Gasteiger partial charge in [0.15, 0.2) is 0 Å². The van der Waals surface area contributed by atoms with Crippen molar-refractivity contribution in [2.24, 2.45) is 0 Å². The van der Waals surface area contributed by atoms with Gasteiger partial charge in [0.25, 0.3) is 5.91 Å². The Bertz CT molecular complexity index is 755. The van der Waals surface area contributed by atoms with Crippen LogP contribution in [0.3, 0.4) is 0 Å². The summed E-state index contributed by atoms with van der Waals surface area (Å²) in [5, 5.41) is 0.761. The summed E-state index contributed by atoms with van der Waals surface area (Å²) in [5.41, 5.74) is 2.82. The van der Waals surface area contributed by atoms with Gasteiger partial charge in [0.2, 0.25) is 0 Å². The average molecular weight is 373 g/mol. The van der Waals surface area contributed by atoms with Gasteiger partial charge < -0.3 is 14.7 Å². The predicted octanol–water partition coefficient (Wildman–Crippen LogP) is 3.54. The SMILES string of the molecule is CCN(CC)C(=O)c1cncc(N2CCN(c3cccc(Cl)c3)CC2)c1. The molecule has 0 atom stereocenters. The van der Waals surface area contributed by atoms with Crippen LogP contribution < -0.4 is 9.80 Å². The number of aromatic nitrogens is 1. The topological polar surface area (TPSA) is 39.7 Å². The second-order valence-corrected chi connectivity index (χ2v) is 6.80. The van der Waals surface area contributed by atoms with Gasteiger partial charge >= 0.3 is 0 Å². The van der Waals surface area contributed by atoms with Crippen molar-refractivity contribution in [3.8, 4) is 0 Å². The Labute approximate surface area is 160 Å². The third-order valence-corrected chi connectivity index (χ3v) is 5.07. The van der Waals surface area contributed by atoms with Crippen LogP contribution in [-0.4, -0.2) is 55.1 Å². The Balaban J connectivity index is 1.68. The van der Waals surface area contributed by atoms with Crippen LogP contribution in [0.15, 0.2) is 42.7 Å². The lowest BCUT2D eigenvalue weighted by Crippen LogP contribution is -2.46. The third-order valence-electron chi connectivity index (χ3n) is 4.84. The Morgan fingerprint density at radius 1 is 1.04 bits per heavy atom. The van der Waals surface area contributed by atoms with Crippen LogP contribution in [-0.2, 0) is 0 Å². The minimum absolute atomic E-state index is 0.0434. The largest absolute Gasteiger partial charge is 0.368 e.